The van der Waals surface area contributed by atoms with Crippen LogP contribution in [-0.4, -0.2) is 21.8 Å². The van der Waals surface area contributed by atoms with Gasteiger partial charge in [-0.25, -0.2) is 0 Å². The van der Waals surface area contributed by atoms with Crippen LogP contribution in [-0.2, 0) is 0 Å². The van der Waals surface area contributed by atoms with Gasteiger partial charge in [0.15, 0.2) is 11.0 Å². The van der Waals surface area contributed by atoms with Gasteiger partial charge >= 0.3 is 0 Å². The molecule has 1 aromatic rings. The molecular weight excluding hydrogens is 232 g/mol. The molecule has 4 nitrogen and oxygen atoms in total. The Bertz CT molecular complexity index is 344. The molecule has 0 aliphatic rings. The Hall–Kier alpha value is -0.860. The van der Waals surface area contributed by atoms with E-state index >= 15 is 0 Å². The Labute approximate surface area is 98.8 Å². The molecule has 0 fully saturated rings. The largest absolute Gasteiger partial charge is 0.352 e. The lowest BCUT2D eigenvalue weighted by molar-refractivity contribution is 0.609. The monoisotopic (exact) mass is 244 g/mol. The van der Waals surface area contributed by atoms with Crippen LogP contribution >= 0.6 is 23.3 Å². The molecular formula is C9H13ClN4S. The molecule has 0 spiro atoms. The van der Waals surface area contributed by atoms with Crippen molar-refractivity contribution < 1.29 is 0 Å². The van der Waals surface area contributed by atoms with E-state index < -0.39 is 0 Å². The maximum Gasteiger partial charge on any atom is 0.187 e. The molecule has 0 atom stereocenters. The normalized spacial score (nSPS) is 10.3. The van der Waals surface area contributed by atoms with Crippen molar-refractivity contribution in [2.24, 2.45) is 5.92 Å². The molecule has 1 heterocycles. The molecule has 0 aliphatic carbocycles. The number of nitriles is 1. The minimum Gasteiger partial charge on any atom is -0.352 e. The highest BCUT2D eigenvalue weighted by Gasteiger charge is 2.15. The molecule has 0 bridgehead atoms. The van der Waals surface area contributed by atoms with E-state index in [0.717, 1.165) is 18.3 Å². The van der Waals surface area contributed by atoms with E-state index in [1.165, 1.54) is 0 Å². The number of rotatable bonds is 5. The molecule has 1 rings (SSSR count). The molecule has 0 unspecified atom stereocenters. The summed E-state index contributed by atoms with van der Waals surface area (Å²) >= 11 is 7.01. The van der Waals surface area contributed by atoms with Gasteiger partial charge in [0, 0.05) is 13.1 Å². The van der Waals surface area contributed by atoms with Crippen LogP contribution in [0.1, 0.15) is 20.3 Å². The Morgan fingerprint density at radius 1 is 1.53 bits per heavy atom. The second-order valence-electron chi connectivity index (χ2n) is 3.63. The first-order valence-corrected chi connectivity index (χ1v) is 5.86. The van der Waals surface area contributed by atoms with Crippen molar-refractivity contribution in [3.63, 3.8) is 0 Å². The number of halogens is 1. The molecule has 82 valence electrons. The molecule has 0 amide bonds. The van der Waals surface area contributed by atoms with Crippen molar-refractivity contribution in [2.45, 2.75) is 20.3 Å². The summed E-state index contributed by atoms with van der Waals surface area (Å²) in [5.74, 6) is 1.20. The highest BCUT2D eigenvalue weighted by molar-refractivity contribution is 6.99. The summed E-state index contributed by atoms with van der Waals surface area (Å²) in [6.07, 6.45) is 0.473. The van der Waals surface area contributed by atoms with E-state index in [1.807, 2.05) is 4.90 Å². The molecule has 15 heavy (non-hydrogen) atoms. The Kier molecular flexibility index (Phi) is 4.79. The fourth-order valence-corrected chi connectivity index (χ4v) is 2.05. The first-order valence-electron chi connectivity index (χ1n) is 4.75. The summed E-state index contributed by atoms with van der Waals surface area (Å²) in [4.78, 5) is 2.01. The fraction of sp³-hybridized carbons (Fsp3) is 0.667. The van der Waals surface area contributed by atoms with E-state index in [-0.39, 0.29) is 0 Å². The number of anilines is 1. The zero-order valence-corrected chi connectivity index (χ0v) is 10.3. The number of nitrogens with zero attached hydrogens (tertiary/aromatic N) is 4. The van der Waals surface area contributed by atoms with Gasteiger partial charge in [-0.1, -0.05) is 25.4 Å². The van der Waals surface area contributed by atoms with Gasteiger partial charge in [-0.05, 0) is 5.92 Å². The quantitative estimate of drug-likeness (QED) is 0.799. The van der Waals surface area contributed by atoms with Crippen molar-refractivity contribution in [1.82, 2.24) is 8.75 Å². The summed E-state index contributed by atoms with van der Waals surface area (Å²) in [6, 6.07) is 2.12. The van der Waals surface area contributed by atoms with Crippen LogP contribution in [0, 0.1) is 17.2 Å². The zero-order valence-electron chi connectivity index (χ0n) is 8.77. The van der Waals surface area contributed by atoms with Crippen LogP contribution in [0.4, 0.5) is 5.82 Å². The van der Waals surface area contributed by atoms with Gasteiger partial charge in [0.2, 0.25) is 0 Å². The van der Waals surface area contributed by atoms with E-state index in [1.54, 1.807) is 0 Å². The molecule has 0 saturated carbocycles. The minimum absolute atomic E-state index is 0.429. The summed E-state index contributed by atoms with van der Waals surface area (Å²) in [6.45, 7) is 5.73. The average molecular weight is 245 g/mol. The molecule has 0 N–H and O–H groups in total. The van der Waals surface area contributed by atoms with E-state index in [2.05, 4.69) is 28.7 Å². The predicted octanol–water partition coefficient (Wildman–Crippen LogP) is 2.57. The smallest absolute Gasteiger partial charge is 0.187 e. The Morgan fingerprint density at radius 3 is 2.73 bits per heavy atom. The summed E-state index contributed by atoms with van der Waals surface area (Å²) in [5, 5.41) is 9.00. The van der Waals surface area contributed by atoms with Gasteiger partial charge in [-0.15, -0.1) is 0 Å². The lowest BCUT2D eigenvalue weighted by Crippen LogP contribution is -2.29. The lowest BCUT2D eigenvalue weighted by atomic mass is 10.2. The maximum absolute atomic E-state index is 8.57. The number of aromatic nitrogens is 2. The van der Waals surface area contributed by atoms with E-state index in [9.17, 15) is 0 Å². The van der Waals surface area contributed by atoms with Crippen molar-refractivity contribution >= 4 is 29.1 Å². The Morgan fingerprint density at radius 2 is 2.27 bits per heavy atom. The summed E-state index contributed by atoms with van der Waals surface area (Å²) < 4.78 is 8.06. The minimum atomic E-state index is 0.429. The summed E-state index contributed by atoms with van der Waals surface area (Å²) in [5.41, 5.74) is 0. The molecule has 0 aromatic carbocycles. The van der Waals surface area contributed by atoms with Crippen molar-refractivity contribution in [3.8, 4) is 6.07 Å². The van der Waals surface area contributed by atoms with Gasteiger partial charge in [-0.2, -0.15) is 14.0 Å². The van der Waals surface area contributed by atoms with Crippen LogP contribution in [0.25, 0.3) is 0 Å². The van der Waals surface area contributed by atoms with Crippen molar-refractivity contribution in [2.75, 3.05) is 18.0 Å². The maximum atomic E-state index is 8.57. The first-order chi connectivity index (χ1) is 7.15. The SMILES string of the molecule is CC(C)CN(CCC#N)c1nsnc1Cl. The first kappa shape index (κ1) is 12.2. The third-order valence-electron chi connectivity index (χ3n) is 1.81. The van der Waals surface area contributed by atoms with Gasteiger partial charge in [-0.3, -0.25) is 0 Å². The molecule has 0 saturated heterocycles. The zero-order chi connectivity index (χ0) is 11.3. The third-order valence-corrected chi connectivity index (χ3v) is 2.68. The molecule has 0 radical (unpaired) electrons. The lowest BCUT2D eigenvalue weighted by Gasteiger charge is -2.22. The van der Waals surface area contributed by atoms with Crippen LogP contribution < -0.4 is 4.90 Å². The molecule has 6 heteroatoms. The van der Waals surface area contributed by atoms with Crippen LogP contribution in [0.15, 0.2) is 0 Å². The Balaban J connectivity index is 2.72. The van der Waals surface area contributed by atoms with Crippen LogP contribution in [0.2, 0.25) is 5.15 Å². The van der Waals surface area contributed by atoms with Crippen molar-refractivity contribution in [3.05, 3.63) is 5.15 Å². The standard InChI is InChI=1S/C9H13ClN4S/c1-7(2)6-14(5-3-4-11)9-8(10)12-15-13-9/h7H,3,5-6H2,1-2H3. The summed E-state index contributed by atoms with van der Waals surface area (Å²) in [7, 11) is 0. The predicted molar refractivity (Wildman–Crippen MR) is 62.2 cm³/mol. The van der Waals surface area contributed by atoms with E-state index in [0.29, 0.717) is 29.9 Å². The number of hydrogen-bond acceptors (Lipinski definition) is 5. The third kappa shape index (κ3) is 3.65. The molecule has 1 aromatic heterocycles. The topological polar surface area (TPSA) is 52.8 Å². The van der Waals surface area contributed by atoms with E-state index in [4.69, 9.17) is 16.9 Å². The fourth-order valence-electron chi connectivity index (χ4n) is 1.27. The second kappa shape index (κ2) is 5.89. The van der Waals surface area contributed by atoms with Gasteiger partial charge in [0.1, 0.15) is 0 Å². The highest BCUT2D eigenvalue weighted by Crippen LogP contribution is 2.23. The second-order valence-corrected chi connectivity index (χ2v) is 4.51. The van der Waals surface area contributed by atoms with Gasteiger partial charge < -0.3 is 4.90 Å². The highest BCUT2D eigenvalue weighted by atomic mass is 35.5. The number of hydrogen-bond donors (Lipinski definition) is 0. The van der Waals surface area contributed by atoms with Crippen LogP contribution in [0.5, 0.6) is 0 Å². The van der Waals surface area contributed by atoms with Crippen LogP contribution in [0.3, 0.4) is 0 Å². The van der Waals surface area contributed by atoms with Gasteiger partial charge in [0.05, 0.1) is 24.2 Å². The average Bonchev–Trinajstić information content (AvgIpc) is 2.58. The van der Waals surface area contributed by atoms with Crippen molar-refractivity contribution in [1.29, 1.82) is 5.26 Å². The van der Waals surface area contributed by atoms with Gasteiger partial charge in [0.25, 0.3) is 0 Å². The molecule has 0 aliphatic heterocycles.